The number of ether oxygens (including phenoxy) is 1. The Bertz CT molecular complexity index is 865. The first-order valence-electron chi connectivity index (χ1n) is 9.01. The summed E-state index contributed by atoms with van der Waals surface area (Å²) in [6.45, 7) is 3.84. The maximum Gasteiger partial charge on any atom is 0.255 e. The van der Waals surface area contributed by atoms with E-state index in [0.29, 0.717) is 29.6 Å². The van der Waals surface area contributed by atoms with Crippen molar-refractivity contribution in [3.8, 4) is 11.4 Å². The molecule has 2 aromatic rings. The molecule has 2 aromatic heterocycles. The van der Waals surface area contributed by atoms with Gasteiger partial charge in [0.1, 0.15) is 5.82 Å². The molecule has 0 aromatic carbocycles. The van der Waals surface area contributed by atoms with Crippen LogP contribution < -0.4 is 5.56 Å². The Morgan fingerprint density at radius 2 is 2.31 bits per heavy atom. The summed E-state index contributed by atoms with van der Waals surface area (Å²) in [5.74, 6) is 0.881. The number of hydrogen-bond donors (Lipinski definition) is 1. The lowest BCUT2D eigenvalue weighted by molar-refractivity contribution is -0.134. The van der Waals surface area contributed by atoms with Crippen molar-refractivity contribution in [2.24, 2.45) is 5.92 Å². The van der Waals surface area contributed by atoms with Crippen molar-refractivity contribution >= 4 is 5.91 Å². The monoisotopic (exact) mass is 354 g/mol. The smallest absolute Gasteiger partial charge is 0.255 e. The van der Waals surface area contributed by atoms with Gasteiger partial charge in [0.05, 0.1) is 25.7 Å². The van der Waals surface area contributed by atoms with Crippen molar-refractivity contribution in [2.75, 3.05) is 19.8 Å². The van der Waals surface area contributed by atoms with Crippen LogP contribution in [0.5, 0.6) is 0 Å². The number of fused-ring (bicyclic) bond motifs is 1. The van der Waals surface area contributed by atoms with E-state index in [2.05, 4.69) is 15.0 Å². The van der Waals surface area contributed by atoms with Gasteiger partial charge < -0.3 is 14.6 Å². The number of amides is 1. The average molecular weight is 354 g/mol. The van der Waals surface area contributed by atoms with Gasteiger partial charge in [0.25, 0.3) is 5.56 Å². The van der Waals surface area contributed by atoms with E-state index >= 15 is 0 Å². The summed E-state index contributed by atoms with van der Waals surface area (Å²) in [6.07, 6.45) is 5.49. The summed E-state index contributed by atoms with van der Waals surface area (Å²) in [7, 11) is 0. The van der Waals surface area contributed by atoms with Gasteiger partial charge in [0.2, 0.25) is 5.91 Å². The lowest BCUT2D eigenvalue weighted by Crippen LogP contribution is -2.49. The summed E-state index contributed by atoms with van der Waals surface area (Å²) in [4.78, 5) is 38.6. The van der Waals surface area contributed by atoms with Gasteiger partial charge in [-0.25, -0.2) is 4.98 Å². The van der Waals surface area contributed by atoms with Crippen LogP contribution in [0.1, 0.15) is 24.1 Å². The number of piperidine rings is 1. The Labute approximate surface area is 151 Å². The molecule has 0 bridgehead atoms. The lowest BCUT2D eigenvalue weighted by Gasteiger charge is -2.36. The molecule has 4 heterocycles. The lowest BCUT2D eigenvalue weighted by atomic mass is 9.91. The van der Waals surface area contributed by atoms with Crippen LogP contribution in [0.25, 0.3) is 11.4 Å². The van der Waals surface area contributed by atoms with Crippen LogP contribution in [-0.2, 0) is 16.0 Å². The van der Waals surface area contributed by atoms with Crippen LogP contribution in [0.3, 0.4) is 0 Å². The molecule has 1 N–H and O–H groups in total. The van der Waals surface area contributed by atoms with Crippen LogP contribution in [0, 0.1) is 12.8 Å². The maximum absolute atomic E-state index is 12.8. The Morgan fingerprint density at radius 3 is 3.08 bits per heavy atom. The molecule has 0 unspecified atom stereocenters. The van der Waals surface area contributed by atoms with E-state index in [0.717, 1.165) is 31.6 Å². The third-order valence-corrected chi connectivity index (χ3v) is 5.34. The largest absolute Gasteiger partial charge is 0.379 e. The zero-order chi connectivity index (χ0) is 18.1. The van der Waals surface area contributed by atoms with Crippen molar-refractivity contribution in [1.29, 1.82) is 0 Å². The highest BCUT2D eigenvalue weighted by atomic mass is 16.5. The van der Waals surface area contributed by atoms with Gasteiger partial charge >= 0.3 is 0 Å². The Balaban J connectivity index is 1.56. The number of hydrogen-bond acceptors (Lipinski definition) is 5. The van der Waals surface area contributed by atoms with Crippen molar-refractivity contribution in [3.05, 3.63) is 46.1 Å². The molecular formula is C19H22N4O3. The van der Waals surface area contributed by atoms with E-state index in [9.17, 15) is 9.59 Å². The topological polar surface area (TPSA) is 88.2 Å². The molecule has 4 rings (SSSR count). The number of H-pyrrole nitrogens is 1. The average Bonchev–Trinajstić information content (AvgIpc) is 3.14. The van der Waals surface area contributed by atoms with Gasteiger partial charge in [-0.2, -0.15) is 0 Å². The number of carbonyl (C=O) groups excluding carboxylic acids is 1. The second kappa shape index (κ2) is 6.99. The highest BCUT2D eigenvalue weighted by molar-refractivity contribution is 5.79. The Hall–Kier alpha value is -2.54. The number of aromatic amines is 1. The third-order valence-electron chi connectivity index (χ3n) is 5.34. The first-order chi connectivity index (χ1) is 12.6. The fourth-order valence-electron chi connectivity index (χ4n) is 3.92. The van der Waals surface area contributed by atoms with Crippen LogP contribution >= 0.6 is 0 Å². The minimum Gasteiger partial charge on any atom is -0.379 e. The zero-order valence-corrected chi connectivity index (χ0v) is 14.8. The second-order valence-electron chi connectivity index (χ2n) is 6.99. The van der Waals surface area contributed by atoms with Gasteiger partial charge in [0.15, 0.2) is 0 Å². The molecule has 2 fully saturated rings. The molecule has 0 aliphatic carbocycles. The van der Waals surface area contributed by atoms with Crippen LogP contribution in [0.2, 0.25) is 0 Å². The van der Waals surface area contributed by atoms with Crippen LogP contribution in [0.4, 0.5) is 0 Å². The highest BCUT2D eigenvalue weighted by Gasteiger charge is 2.38. The number of nitrogens with zero attached hydrogens (tertiary/aromatic N) is 3. The molecule has 1 amide bonds. The fraction of sp³-hybridized carbons (Fsp3) is 0.474. The minimum absolute atomic E-state index is 0.0188. The zero-order valence-electron chi connectivity index (χ0n) is 14.8. The Morgan fingerprint density at radius 1 is 1.42 bits per heavy atom. The van der Waals surface area contributed by atoms with Gasteiger partial charge in [0, 0.05) is 41.7 Å². The molecule has 0 saturated carbocycles. The molecule has 136 valence electrons. The fourth-order valence-corrected chi connectivity index (χ4v) is 3.92. The molecule has 26 heavy (non-hydrogen) atoms. The van der Waals surface area contributed by atoms with Gasteiger partial charge in [-0.3, -0.25) is 14.6 Å². The van der Waals surface area contributed by atoms with Crippen LogP contribution in [0.15, 0.2) is 29.3 Å². The van der Waals surface area contributed by atoms with Crippen LogP contribution in [-0.4, -0.2) is 51.6 Å². The summed E-state index contributed by atoms with van der Waals surface area (Å²) in [5, 5.41) is 0. The summed E-state index contributed by atoms with van der Waals surface area (Å²) in [5.41, 5.74) is 1.49. The normalized spacial score (nSPS) is 22.3. The molecule has 2 saturated heterocycles. The highest BCUT2D eigenvalue weighted by Crippen LogP contribution is 2.29. The Kier molecular flexibility index (Phi) is 4.55. The maximum atomic E-state index is 12.8. The molecule has 7 heteroatoms. The number of aromatic nitrogens is 3. The quantitative estimate of drug-likeness (QED) is 0.898. The first kappa shape index (κ1) is 16.9. The first-order valence-corrected chi connectivity index (χ1v) is 9.01. The van der Waals surface area contributed by atoms with Crippen molar-refractivity contribution in [3.63, 3.8) is 0 Å². The molecular weight excluding hydrogens is 332 g/mol. The number of nitrogens with one attached hydrogen (secondary N) is 1. The predicted molar refractivity (Wildman–Crippen MR) is 95.6 cm³/mol. The summed E-state index contributed by atoms with van der Waals surface area (Å²) >= 11 is 0. The van der Waals surface area contributed by atoms with E-state index < -0.39 is 0 Å². The van der Waals surface area contributed by atoms with E-state index in [1.54, 1.807) is 25.4 Å². The number of likely N-dealkylation sites (tertiary alicyclic amines) is 1. The molecule has 7 nitrogen and oxygen atoms in total. The molecule has 2 aliphatic rings. The van der Waals surface area contributed by atoms with E-state index in [4.69, 9.17) is 4.74 Å². The standard InChI is InChI=1S/C19H22N4O3/c1-12-15(19(25)22-18(21-12)13-4-2-6-20-9-13)8-17(24)23-7-3-5-14-10-26-11-16(14)23/h2,4,6,9,14,16H,3,5,7-8,10-11H2,1H3,(H,21,22,25)/t14-,16+/m0/s1. The van der Waals surface area contributed by atoms with Gasteiger partial charge in [-0.1, -0.05) is 0 Å². The van der Waals surface area contributed by atoms with E-state index in [-0.39, 0.29) is 23.9 Å². The van der Waals surface area contributed by atoms with Gasteiger partial charge in [-0.15, -0.1) is 0 Å². The third kappa shape index (κ3) is 3.14. The predicted octanol–water partition coefficient (Wildman–Crippen LogP) is 1.32. The number of aryl methyl sites for hydroxylation is 1. The number of rotatable bonds is 3. The van der Waals surface area contributed by atoms with Gasteiger partial charge in [-0.05, 0) is 31.9 Å². The minimum atomic E-state index is -0.263. The summed E-state index contributed by atoms with van der Waals surface area (Å²) in [6, 6.07) is 3.78. The molecule has 2 atom stereocenters. The number of pyridine rings is 1. The molecule has 0 radical (unpaired) electrons. The molecule has 2 aliphatic heterocycles. The SMILES string of the molecule is Cc1nc(-c2cccnc2)[nH]c(=O)c1CC(=O)N1CCC[C@H]2COC[C@H]21. The van der Waals surface area contributed by atoms with Crippen molar-refractivity contribution < 1.29 is 9.53 Å². The number of carbonyl (C=O) groups is 1. The van der Waals surface area contributed by atoms with Crippen molar-refractivity contribution in [2.45, 2.75) is 32.2 Å². The van der Waals surface area contributed by atoms with E-state index in [1.807, 2.05) is 11.0 Å². The summed E-state index contributed by atoms with van der Waals surface area (Å²) < 4.78 is 5.55. The second-order valence-corrected chi connectivity index (χ2v) is 6.99. The van der Waals surface area contributed by atoms with Crippen molar-refractivity contribution in [1.82, 2.24) is 19.9 Å². The molecule has 0 spiro atoms. The van der Waals surface area contributed by atoms with E-state index in [1.165, 1.54) is 0 Å².